The average Bonchev–Trinajstić information content (AvgIpc) is 2.75. The summed E-state index contributed by atoms with van der Waals surface area (Å²) in [6.45, 7) is 4.51. The van der Waals surface area contributed by atoms with Gasteiger partial charge in [-0.1, -0.05) is 41.4 Å². The first-order valence-corrected chi connectivity index (χ1v) is 11.7. The molecule has 33 heavy (non-hydrogen) atoms. The summed E-state index contributed by atoms with van der Waals surface area (Å²) in [5, 5.41) is 14.1. The Balaban J connectivity index is 2.01. The van der Waals surface area contributed by atoms with Crippen molar-refractivity contribution in [2.75, 3.05) is 16.2 Å². The number of rotatable bonds is 7. The highest BCUT2D eigenvalue weighted by atomic mass is 35.5. The summed E-state index contributed by atoms with van der Waals surface area (Å²) in [6.07, 6.45) is 0. The lowest BCUT2D eigenvalue weighted by Gasteiger charge is -2.26. The lowest BCUT2D eigenvalue weighted by atomic mass is 10.1. The molecule has 0 radical (unpaired) electrons. The van der Waals surface area contributed by atoms with E-state index in [9.17, 15) is 23.3 Å². The second kappa shape index (κ2) is 9.60. The lowest BCUT2D eigenvalue weighted by molar-refractivity contribution is -0.385. The number of nitro benzene ring substituents is 1. The fourth-order valence-electron chi connectivity index (χ4n) is 3.27. The molecular weight excluding hydrogens is 466 g/mol. The van der Waals surface area contributed by atoms with E-state index >= 15 is 0 Å². The number of hydrogen-bond donors (Lipinski definition) is 1. The molecular formula is C23H22ClN3O5S. The van der Waals surface area contributed by atoms with Crippen molar-refractivity contribution in [2.45, 2.75) is 25.7 Å². The summed E-state index contributed by atoms with van der Waals surface area (Å²) in [4.78, 5) is 23.6. The van der Waals surface area contributed by atoms with E-state index in [1.165, 1.54) is 43.3 Å². The molecule has 1 N–H and O–H groups in total. The molecule has 0 fully saturated rings. The lowest BCUT2D eigenvalue weighted by Crippen LogP contribution is -2.38. The van der Waals surface area contributed by atoms with E-state index in [0.29, 0.717) is 10.6 Å². The van der Waals surface area contributed by atoms with Crippen LogP contribution >= 0.6 is 11.6 Å². The zero-order chi connectivity index (χ0) is 24.3. The van der Waals surface area contributed by atoms with E-state index in [1.54, 1.807) is 31.2 Å². The second-order valence-electron chi connectivity index (χ2n) is 7.51. The van der Waals surface area contributed by atoms with Crippen LogP contribution in [-0.4, -0.2) is 25.8 Å². The summed E-state index contributed by atoms with van der Waals surface area (Å²) in [6, 6.07) is 15.3. The van der Waals surface area contributed by atoms with Crippen molar-refractivity contribution in [3.8, 4) is 0 Å². The number of carbonyl (C=O) groups is 1. The van der Waals surface area contributed by atoms with Crippen LogP contribution in [0.25, 0.3) is 0 Å². The maximum atomic E-state index is 13.5. The molecule has 3 rings (SSSR count). The zero-order valence-corrected chi connectivity index (χ0v) is 19.8. The number of anilines is 2. The molecule has 3 aromatic rings. The highest BCUT2D eigenvalue weighted by molar-refractivity contribution is 7.92. The molecule has 0 saturated carbocycles. The van der Waals surface area contributed by atoms with Crippen molar-refractivity contribution < 1.29 is 18.1 Å². The van der Waals surface area contributed by atoms with E-state index in [1.807, 2.05) is 6.92 Å². The number of amides is 1. The number of carbonyl (C=O) groups excluding carboxylic acids is 1. The molecule has 0 aromatic heterocycles. The van der Waals surface area contributed by atoms with Gasteiger partial charge in [0.05, 0.1) is 26.8 Å². The Morgan fingerprint density at radius 1 is 1.06 bits per heavy atom. The number of hydrogen-bond acceptors (Lipinski definition) is 5. The molecule has 1 amide bonds. The van der Waals surface area contributed by atoms with Crippen LogP contribution in [0, 0.1) is 30.9 Å². The third kappa shape index (κ3) is 5.32. The Labute approximate surface area is 197 Å². The fraction of sp³-hybridized carbons (Fsp3) is 0.174. The number of nitrogens with zero attached hydrogens (tertiary/aromatic N) is 2. The molecule has 0 bridgehead atoms. The summed E-state index contributed by atoms with van der Waals surface area (Å²) in [5.74, 6) is -0.659. The van der Waals surface area contributed by atoms with Gasteiger partial charge in [-0.3, -0.25) is 19.2 Å². The molecule has 0 aliphatic carbocycles. The predicted molar refractivity (Wildman–Crippen MR) is 128 cm³/mol. The Hall–Kier alpha value is -3.43. The number of sulfonamides is 1. The summed E-state index contributed by atoms with van der Waals surface area (Å²) in [7, 11) is -4.12. The van der Waals surface area contributed by atoms with E-state index in [0.717, 1.165) is 9.87 Å². The van der Waals surface area contributed by atoms with Crippen LogP contribution in [0.2, 0.25) is 5.02 Å². The standard InChI is InChI=1S/C23H22ClN3O5S/c1-15-7-11-19(12-8-15)33(31,32)26(22-13-18(24)10-9-16(22)2)14-23(28)25-20-5-4-6-21(17(20)3)27(29)30/h4-13H,14H2,1-3H3,(H,25,28). The topological polar surface area (TPSA) is 110 Å². The Morgan fingerprint density at radius 2 is 1.73 bits per heavy atom. The van der Waals surface area contributed by atoms with Crippen molar-refractivity contribution in [3.05, 3.63) is 92.5 Å². The first-order chi connectivity index (χ1) is 15.5. The van der Waals surface area contributed by atoms with Crippen LogP contribution in [0.1, 0.15) is 16.7 Å². The highest BCUT2D eigenvalue weighted by Gasteiger charge is 2.29. The van der Waals surface area contributed by atoms with E-state index in [4.69, 9.17) is 11.6 Å². The maximum absolute atomic E-state index is 13.5. The Bertz CT molecular complexity index is 1320. The van der Waals surface area contributed by atoms with Gasteiger partial charge in [-0.25, -0.2) is 8.42 Å². The zero-order valence-electron chi connectivity index (χ0n) is 18.2. The maximum Gasteiger partial charge on any atom is 0.274 e. The van der Waals surface area contributed by atoms with Crippen molar-refractivity contribution in [1.82, 2.24) is 0 Å². The third-order valence-electron chi connectivity index (χ3n) is 5.11. The number of nitrogens with one attached hydrogen (secondary N) is 1. The number of nitro groups is 1. The van der Waals surface area contributed by atoms with Crippen LogP contribution < -0.4 is 9.62 Å². The van der Waals surface area contributed by atoms with E-state index in [-0.39, 0.29) is 27.5 Å². The van der Waals surface area contributed by atoms with E-state index < -0.39 is 27.4 Å². The summed E-state index contributed by atoms with van der Waals surface area (Å²) >= 11 is 6.13. The molecule has 0 heterocycles. The van der Waals surface area contributed by atoms with E-state index in [2.05, 4.69) is 5.32 Å². The molecule has 0 unspecified atom stereocenters. The van der Waals surface area contributed by atoms with Crippen LogP contribution in [0.15, 0.2) is 65.6 Å². The van der Waals surface area contributed by atoms with Gasteiger partial charge >= 0.3 is 0 Å². The predicted octanol–water partition coefficient (Wildman–Crippen LogP) is 5.01. The van der Waals surface area contributed by atoms with Gasteiger partial charge in [-0.05, 0) is 56.7 Å². The van der Waals surface area contributed by atoms with Gasteiger partial charge in [0.25, 0.3) is 15.7 Å². The van der Waals surface area contributed by atoms with Crippen LogP contribution in [0.5, 0.6) is 0 Å². The van der Waals surface area contributed by atoms with Gasteiger partial charge < -0.3 is 5.32 Å². The number of aryl methyl sites for hydroxylation is 2. The minimum absolute atomic E-state index is 0.0202. The molecule has 172 valence electrons. The molecule has 3 aromatic carbocycles. The van der Waals surface area contributed by atoms with Gasteiger partial charge in [0.2, 0.25) is 5.91 Å². The summed E-state index contributed by atoms with van der Waals surface area (Å²) in [5.41, 5.74) is 2.09. The highest BCUT2D eigenvalue weighted by Crippen LogP contribution is 2.30. The molecule has 0 aliphatic rings. The third-order valence-corrected chi connectivity index (χ3v) is 7.12. The molecule has 0 atom stereocenters. The summed E-state index contributed by atoms with van der Waals surface area (Å²) < 4.78 is 28.0. The fourth-order valence-corrected chi connectivity index (χ4v) is 4.91. The van der Waals surface area contributed by atoms with Crippen LogP contribution in [-0.2, 0) is 14.8 Å². The first-order valence-electron chi connectivity index (χ1n) is 9.90. The number of benzene rings is 3. The number of halogens is 1. The normalized spacial score (nSPS) is 11.2. The van der Waals surface area contributed by atoms with Crippen molar-refractivity contribution in [1.29, 1.82) is 0 Å². The average molecular weight is 488 g/mol. The Morgan fingerprint density at radius 3 is 2.36 bits per heavy atom. The largest absolute Gasteiger partial charge is 0.324 e. The SMILES string of the molecule is Cc1ccc(S(=O)(=O)N(CC(=O)Nc2cccc([N+](=O)[O-])c2C)c2cc(Cl)ccc2C)cc1. The molecule has 0 saturated heterocycles. The Kier molecular flexibility index (Phi) is 7.04. The van der Waals surface area contributed by atoms with Crippen molar-refractivity contribution >= 4 is 44.6 Å². The molecule has 8 nitrogen and oxygen atoms in total. The van der Waals surface area contributed by atoms with Gasteiger partial charge in [-0.2, -0.15) is 0 Å². The first kappa shape index (κ1) is 24.2. The van der Waals surface area contributed by atoms with Crippen molar-refractivity contribution in [3.63, 3.8) is 0 Å². The van der Waals surface area contributed by atoms with Crippen LogP contribution in [0.3, 0.4) is 0 Å². The van der Waals surface area contributed by atoms with Gasteiger partial charge in [-0.15, -0.1) is 0 Å². The van der Waals surface area contributed by atoms with Crippen LogP contribution in [0.4, 0.5) is 17.1 Å². The molecule has 10 heteroatoms. The molecule has 0 aliphatic heterocycles. The van der Waals surface area contributed by atoms with Gasteiger partial charge in [0.15, 0.2) is 0 Å². The monoisotopic (exact) mass is 487 g/mol. The van der Waals surface area contributed by atoms with Crippen molar-refractivity contribution in [2.24, 2.45) is 0 Å². The smallest absolute Gasteiger partial charge is 0.274 e. The minimum atomic E-state index is -4.12. The second-order valence-corrected chi connectivity index (χ2v) is 9.81. The van der Waals surface area contributed by atoms with Gasteiger partial charge in [0.1, 0.15) is 6.54 Å². The quantitative estimate of drug-likeness (QED) is 0.372. The van der Waals surface area contributed by atoms with Gasteiger partial charge in [0, 0.05) is 11.1 Å². The minimum Gasteiger partial charge on any atom is -0.324 e. The molecule has 0 spiro atoms.